The lowest BCUT2D eigenvalue weighted by molar-refractivity contribution is 0.0976. The Hall–Kier alpha value is -1.09. The van der Waals surface area contributed by atoms with Crippen molar-refractivity contribution in [3.05, 3.63) is 24.2 Å². The predicted octanol–water partition coefficient (Wildman–Crippen LogP) is 1.20. The van der Waals surface area contributed by atoms with Crippen LogP contribution in [0.1, 0.15) is 23.7 Å². The molecule has 2 N–H and O–H groups in total. The topological polar surface area (TPSA) is 56.2 Å². The molecule has 0 radical (unpaired) electrons. The number of nitrogens with two attached hydrogens (primary N) is 1. The molecule has 0 aliphatic rings. The molecule has 1 aromatic rings. The smallest absolute Gasteiger partial charge is 0.167 e. The Kier molecular flexibility index (Phi) is 2.44. The highest BCUT2D eigenvalue weighted by molar-refractivity contribution is 5.95. The van der Waals surface area contributed by atoms with Crippen LogP contribution in [-0.4, -0.2) is 11.8 Å². The first kappa shape index (κ1) is 8.01. The van der Waals surface area contributed by atoms with Gasteiger partial charge in [-0.05, 0) is 13.0 Å². The zero-order valence-electron chi connectivity index (χ0n) is 6.41. The minimum Gasteiger partial charge on any atom is -0.472 e. The second-order valence-corrected chi connectivity index (χ2v) is 2.62. The third kappa shape index (κ3) is 2.20. The van der Waals surface area contributed by atoms with E-state index in [0.717, 1.165) is 0 Å². The van der Waals surface area contributed by atoms with Crippen LogP contribution in [0.5, 0.6) is 0 Å². The van der Waals surface area contributed by atoms with Crippen molar-refractivity contribution in [2.75, 3.05) is 0 Å². The summed E-state index contributed by atoms with van der Waals surface area (Å²) in [5.41, 5.74) is 6.05. The Morgan fingerprint density at radius 3 is 3.00 bits per heavy atom. The molecule has 0 spiro atoms. The molecule has 1 rings (SSSR count). The van der Waals surface area contributed by atoms with E-state index in [-0.39, 0.29) is 11.8 Å². The van der Waals surface area contributed by atoms with Gasteiger partial charge in [-0.25, -0.2) is 0 Å². The van der Waals surface area contributed by atoms with Crippen LogP contribution in [0, 0.1) is 0 Å². The Balaban J connectivity index is 2.57. The van der Waals surface area contributed by atoms with Crippen LogP contribution in [0.2, 0.25) is 0 Å². The monoisotopic (exact) mass is 153 g/mol. The molecule has 0 aliphatic carbocycles. The molecule has 1 heterocycles. The second-order valence-electron chi connectivity index (χ2n) is 2.62. The molecule has 1 aromatic heterocycles. The standard InChI is InChI=1S/C8H11NO2/c1-6(9)4-8(10)7-2-3-11-5-7/h2-3,5-6H,4,9H2,1H3. The first-order valence-electron chi connectivity index (χ1n) is 3.51. The van der Waals surface area contributed by atoms with Gasteiger partial charge in [0, 0.05) is 12.5 Å². The molecular formula is C8H11NO2. The van der Waals surface area contributed by atoms with Gasteiger partial charge < -0.3 is 10.2 Å². The number of hydrogen-bond acceptors (Lipinski definition) is 3. The fourth-order valence-electron chi connectivity index (χ4n) is 0.833. The molecule has 0 bridgehead atoms. The maximum absolute atomic E-state index is 11.2. The summed E-state index contributed by atoms with van der Waals surface area (Å²) in [6.45, 7) is 1.80. The highest BCUT2D eigenvalue weighted by Gasteiger charge is 2.08. The van der Waals surface area contributed by atoms with E-state index in [0.29, 0.717) is 12.0 Å². The van der Waals surface area contributed by atoms with Crippen LogP contribution >= 0.6 is 0 Å². The number of hydrogen-bond donors (Lipinski definition) is 1. The lowest BCUT2D eigenvalue weighted by Crippen LogP contribution is -2.19. The van der Waals surface area contributed by atoms with E-state index in [1.165, 1.54) is 12.5 Å². The Morgan fingerprint density at radius 1 is 1.82 bits per heavy atom. The van der Waals surface area contributed by atoms with E-state index in [1.54, 1.807) is 13.0 Å². The predicted molar refractivity (Wildman–Crippen MR) is 41.3 cm³/mol. The maximum Gasteiger partial charge on any atom is 0.167 e. The molecule has 0 fully saturated rings. The van der Waals surface area contributed by atoms with Crippen molar-refractivity contribution in [3.8, 4) is 0 Å². The zero-order chi connectivity index (χ0) is 8.27. The summed E-state index contributed by atoms with van der Waals surface area (Å²) in [5.74, 6) is 0.0359. The highest BCUT2D eigenvalue weighted by atomic mass is 16.3. The van der Waals surface area contributed by atoms with Crippen molar-refractivity contribution in [1.29, 1.82) is 0 Å². The van der Waals surface area contributed by atoms with Crippen LogP contribution in [0.15, 0.2) is 23.0 Å². The summed E-state index contributed by atoms with van der Waals surface area (Å²) in [7, 11) is 0. The van der Waals surface area contributed by atoms with E-state index in [9.17, 15) is 4.79 Å². The van der Waals surface area contributed by atoms with Gasteiger partial charge in [-0.1, -0.05) is 0 Å². The minimum atomic E-state index is -0.0857. The van der Waals surface area contributed by atoms with Crippen LogP contribution in [0.3, 0.4) is 0 Å². The summed E-state index contributed by atoms with van der Waals surface area (Å²) in [5, 5.41) is 0. The van der Waals surface area contributed by atoms with E-state index >= 15 is 0 Å². The van der Waals surface area contributed by atoms with Crippen molar-refractivity contribution >= 4 is 5.78 Å². The number of carbonyl (C=O) groups is 1. The summed E-state index contributed by atoms with van der Waals surface area (Å²) in [6, 6.07) is 1.56. The van der Waals surface area contributed by atoms with Crippen molar-refractivity contribution in [2.45, 2.75) is 19.4 Å². The number of rotatable bonds is 3. The summed E-state index contributed by atoms with van der Waals surface area (Å²) >= 11 is 0. The van der Waals surface area contributed by atoms with Crippen molar-refractivity contribution < 1.29 is 9.21 Å². The molecule has 1 atom stereocenters. The van der Waals surface area contributed by atoms with Crippen molar-refractivity contribution in [1.82, 2.24) is 0 Å². The molecule has 0 aromatic carbocycles. The normalized spacial score (nSPS) is 12.9. The van der Waals surface area contributed by atoms with Gasteiger partial charge >= 0.3 is 0 Å². The average Bonchev–Trinajstić information content (AvgIpc) is 2.35. The molecule has 0 amide bonds. The second kappa shape index (κ2) is 3.34. The average molecular weight is 153 g/mol. The minimum absolute atomic E-state index is 0.0359. The fraction of sp³-hybridized carbons (Fsp3) is 0.375. The molecule has 0 saturated carbocycles. The number of ketones is 1. The van der Waals surface area contributed by atoms with Crippen LogP contribution < -0.4 is 5.73 Å². The first-order valence-corrected chi connectivity index (χ1v) is 3.51. The molecule has 3 heteroatoms. The van der Waals surface area contributed by atoms with Crippen molar-refractivity contribution in [2.24, 2.45) is 5.73 Å². The lowest BCUT2D eigenvalue weighted by Gasteiger charge is -2.00. The Bertz CT molecular complexity index is 226. The van der Waals surface area contributed by atoms with Gasteiger partial charge in [-0.3, -0.25) is 4.79 Å². The first-order chi connectivity index (χ1) is 5.20. The molecule has 0 aliphatic heterocycles. The summed E-state index contributed by atoms with van der Waals surface area (Å²) in [4.78, 5) is 11.2. The van der Waals surface area contributed by atoms with Gasteiger partial charge in [0.25, 0.3) is 0 Å². The molecule has 1 unspecified atom stereocenters. The number of carbonyl (C=O) groups excluding carboxylic acids is 1. The fourth-order valence-corrected chi connectivity index (χ4v) is 0.833. The van der Waals surface area contributed by atoms with E-state index < -0.39 is 0 Å². The Morgan fingerprint density at radius 2 is 2.55 bits per heavy atom. The van der Waals surface area contributed by atoms with Gasteiger partial charge in [0.1, 0.15) is 6.26 Å². The third-order valence-corrected chi connectivity index (χ3v) is 1.35. The molecule has 60 valence electrons. The van der Waals surface area contributed by atoms with Crippen LogP contribution in [0.25, 0.3) is 0 Å². The van der Waals surface area contributed by atoms with E-state index in [4.69, 9.17) is 10.2 Å². The van der Waals surface area contributed by atoms with Gasteiger partial charge in [-0.2, -0.15) is 0 Å². The van der Waals surface area contributed by atoms with Gasteiger partial charge in [-0.15, -0.1) is 0 Å². The molecule has 11 heavy (non-hydrogen) atoms. The third-order valence-electron chi connectivity index (χ3n) is 1.35. The quantitative estimate of drug-likeness (QED) is 0.664. The number of Topliss-reactive ketones (excluding diaryl/α,β-unsaturated/α-hetero) is 1. The van der Waals surface area contributed by atoms with Gasteiger partial charge in [0.2, 0.25) is 0 Å². The highest BCUT2D eigenvalue weighted by Crippen LogP contribution is 2.04. The summed E-state index contributed by atoms with van der Waals surface area (Å²) < 4.78 is 4.76. The molecule has 0 saturated heterocycles. The van der Waals surface area contributed by atoms with Crippen molar-refractivity contribution in [3.63, 3.8) is 0 Å². The van der Waals surface area contributed by atoms with Gasteiger partial charge in [0.05, 0.1) is 11.8 Å². The van der Waals surface area contributed by atoms with Crippen LogP contribution in [0.4, 0.5) is 0 Å². The van der Waals surface area contributed by atoms with E-state index in [1.807, 2.05) is 0 Å². The zero-order valence-corrected chi connectivity index (χ0v) is 6.41. The SMILES string of the molecule is CC(N)CC(=O)c1ccoc1. The van der Waals surface area contributed by atoms with Crippen LogP contribution in [-0.2, 0) is 0 Å². The Labute approximate surface area is 65.2 Å². The largest absolute Gasteiger partial charge is 0.472 e. The maximum atomic E-state index is 11.2. The molecule has 3 nitrogen and oxygen atoms in total. The number of furan rings is 1. The summed E-state index contributed by atoms with van der Waals surface area (Å²) in [6.07, 6.45) is 3.29. The lowest BCUT2D eigenvalue weighted by atomic mass is 10.1. The molecular weight excluding hydrogens is 142 g/mol. The van der Waals surface area contributed by atoms with E-state index in [2.05, 4.69) is 0 Å². The van der Waals surface area contributed by atoms with Gasteiger partial charge in [0.15, 0.2) is 5.78 Å².